The minimum Gasteiger partial charge on any atom is -0.350 e. The van der Waals surface area contributed by atoms with Gasteiger partial charge in [0.15, 0.2) is 0 Å². The van der Waals surface area contributed by atoms with Crippen LogP contribution in [0.15, 0.2) is 0 Å². The second-order valence-electron chi connectivity index (χ2n) is 4.89. The second kappa shape index (κ2) is 6.02. The highest BCUT2D eigenvalue weighted by molar-refractivity contribution is 5.78. The first-order valence-electron chi connectivity index (χ1n) is 5.34. The quantitative estimate of drug-likeness (QED) is 0.731. The summed E-state index contributed by atoms with van der Waals surface area (Å²) in [5, 5.41) is 2.95. The average Bonchev–Trinajstić information content (AvgIpc) is 1.96. The van der Waals surface area contributed by atoms with E-state index in [1.165, 1.54) is 6.42 Å². The van der Waals surface area contributed by atoms with Gasteiger partial charge in [0.2, 0.25) is 5.91 Å². The van der Waals surface area contributed by atoms with Gasteiger partial charge in [-0.3, -0.25) is 9.69 Å². The summed E-state index contributed by atoms with van der Waals surface area (Å²) in [4.78, 5) is 13.5. The Morgan fingerprint density at radius 1 is 1.36 bits per heavy atom. The minimum atomic E-state index is -0.122. The summed E-state index contributed by atoms with van der Waals surface area (Å²) in [6, 6.07) is 0. The van der Waals surface area contributed by atoms with Gasteiger partial charge in [-0.2, -0.15) is 0 Å². The van der Waals surface area contributed by atoms with E-state index in [1.807, 2.05) is 27.8 Å². The lowest BCUT2D eigenvalue weighted by Crippen LogP contribution is -2.45. The average molecular weight is 200 g/mol. The molecule has 0 aromatic rings. The third-order valence-electron chi connectivity index (χ3n) is 1.82. The Bertz CT molecular complexity index is 173. The number of carbonyl (C=O) groups excluding carboxylic acids is 1. The van der Waals surface area contributed by atoms with Gasteiger partial charge in [0.1, 0.15) is 0 Å². The maximum absolute atomic E-state index is 11.5. The van der Waals surface area contributed by atoms with Gasteiger partial charge in [0.05, 0.1) is 6.54 Å². The number of hydrogen-bond donors (Lipinski definition) is 1. The highest BCUT2D eigenvalue weighted by Crippen LogP contribution is 1.98. The van der Waals surface area contributed by atoms with Crippen molar-refractivity contribution in [3.8, 4) is 0 Å². The molecule has 0 aromatic heterocycles. The normalized spacial score (nSPS) is 11.9. The molecule has 0 radical (unpaired) electrons. The number of nitrogens with one attached hydrogen (secondary N) is 1. The van der Waals surface area contributed by atoms with Crippen molar-refractivity contribution in [2.75, 3.05) is 20.1 Å². The number of rotatable bonds is 5. The lowest BCUT2D eigenvalue weighted by atomic mass is 10.1. The van der Waals surface area contributed by atoms with Gasteiger partial charge in [-0.15, -0.1) is 0 Å². The fourth-order valence-corrected chi connectivity index (χ4v) is 1.21. The van der Waals surface area contributed by atoms with E-state index in [0.717, 1.165) is 13.0 Å². The molecular weight excluding hydrogens is 176 g/mol. The Kier molecular flexibility index (Phi) is 5.77. The Balaban J connectivity index is 3.71. The summed E-state index contributed by atoms with van der Waals surface area (Å²) in [6.45, 7) is 9.64. The summed E-state index contributed by atoms with van der Waals surface area (Å²) >= 11 is 0. The topological polar surface area (TPSA) is 32.3 Å². The molecule has 0 spiro atoms. The summed E-state index contributed by atoms with van der Waals surface area (Å²) < 4.78 is 0. The van der Waals surface area contributed by atoms with Gasteiger partial charge in [-0.1, -0.05) is 13.3 Å². The van der Waals surface area contributed by atoms with Crippen molar-refractivity contribution in [3.63, 3.8) is 0 Å². The minimum absolute atomic E-state index is 0.108. The molecule has 0 aromatic carbocycles. The zero-order valence-corrected chi connectivity index (χ0v) is 10.2. The molecule has 0 aliphatic carbocycles. The summed E-state index contributed by atoms with van der Waals surface area (Å²) in [5.41, 5.74) is -0.122. The molecule has 0 saturated carbocycles. The van der Waals surface area contributed by atoms with Crippen LogP contribution in [0.5, 0.6) is 0 Å². The zero-order valence-electron chi connectivity index (χ0n) is 10.2. The molecule has 0 unspecified atom stereocenters. The number of nitrogens with zero attached hydrogens (tertiary/aromatic N) is 1. The number of carbonyl (C=O) groups is 1. The van der Waals surface area contributed by atoms with Gasteiger partial charge < -0.3 is 5.32 Å². The summed E-state index contributed by atoms with van der Waals surface area (Å²) in [7, 11) is 1.98. The molecule has 0 bridgehead atoms. The summed E-state index contributed by atoms with van der Waals surface area (Å²) in [5.74, 6) is 0.108. The van der Waals surface area contributed by atoms with Crippen molar-refractivity contribution in [1.82, 2.24) is 10.2 Å². The van der Waals surface area contributed by atoms with Gasteiger partial charge in [-0.05, 0) is 40.8 Å². The summed E-state index contributed by atoms with van der Waals surface area (Å²) in [6.07, 6.45) is 2.32. The maximum atomic E-state index is 11.5. The Morgan fingerprint density at radius 2 is 1.93 bits per heavy atom. The van der Waals surface area contributed by atoms with Crippen LogP contribution in [-0.2, 0) is 4.79 Å². The molecule has 3 heteroatoms. The standard InChI is InChI=1S/C11H24N2O/c1-6-7-8-13(5)9-10(14)12-11(2,3)4/h6-9H2,1-5H3,(H,12,14). The molecule has 0 heterocycles. The van der Waals surface area contributed by atoms with E-state index in [4.69, 9.17) is 0 Å². The van der Waals surface area contributed by atoms with Gasteiger partial charge in [0.25, 0.3) is 0 Å². The van der Waals surface area contributed by atoms with E-state index in [0.29, 0.717) is 6.54 Å². The highest BCUT2D eigenvalue weighted by atomic mass is 16.2. The number of unbranched alkanes of at least 4 members (excludes halogenated alkanes) is 1. The molecule has 0 fully saturated rings. The highest BCUT2D eigenvalue weighted by Gasteiger charge is 2.14. The van der Waals surface area contributed by atoms with Crippen molar-refractivity contribution in [2.45, 2.75) is 46.1 Å². The first-order valence-corrected chi connectivity index (χ1v) is 5.34. The maximum Gasteiger partial charge on any atom is 0.234 e. The van der Waals surface area contributed by atoms with E-state index >= 15 is 0 Å². The third-order valence-corrected chi connectivity index (χ3v) is 1.82. The van der Waals surface area contributed by atoms with Crippen LogP contribution in [0.1, 0.15) is 40.5 Å². The molecule has 14 heavy (non-hydrogen) atoms. The van der Waals surface area contributed by atoms with Crippen LogP contribution < -0.4 is 5.32 Å². The fraction of sp³-hybridized carbons (Fsp3) is 0.909. The van der Waals surface area contributed by atoms with Gasteiger partial charge >= 0.3 is 0 Å². The first kappa shape index (κ1) is 13.4. The molecular formula is C11H24N2O. The molecule has 0 saturated heterocycles. The molecule has 1 N–H and O–H groups in total. The molecule has 0 aliphatic rings. The second-order valence-corrected chi connectivity index (χ2v) is 4.89. The lowest BCUT2D eigenvalue weighted by molar-refractivity contribution is -0.123. The van der Waals surface area contributed by atoms with Gasteiger partial charge in [0, 0.05) is 5.54 Å². The van der Waals surface area contributed by atoms with Crippen molar-refractivity contribution in [1.29, 1.82) is 0 Å². The molecule has 0 aliphatic heterocycles. The third kappa shape index (κ3) is 8.05. The van der Waals surface area contributed by atoms with E-state index in [9.17, 15) is 4.79 Å². The molecule has 0 atom stereocenters. The van der Waals surface area contributed by atoms with Crippen LogP contribution >= 0.6 is 0 Å². The van der Waals surface area contributed by atoms with Crippen molar-refractivity contribution in [3.05, 3.63) is 0 Å². The number of likely N-dealkylation sites (N-methyl/N-ethyl adjacent to an activating group) is 1. The van der Waals surface area contributed by atoms with Crippen molar-refractivity contribution in [2.24, 2.45) is 0 Å². The number of amides is 1. The largest absolute Gasteiger partial charge is 0.350 e. The van der Waals surface area contributed by atoms with E-state index in [1.54, 1.807) is 0 Å². The van der Waals surface area contributed by atoms with E-state index in [-0.39, 0.29) is 11.4 Å². The van der Waals surface area contributed by atoms with E-state index < -0.39 is 0 Å². The molecule has 3 nitrogen and oxygen atoms in total. The molecule has 84 valence electrons. The smallest absolute Gasteiger partial charge is 0.234 e. The van der Waals surface area contributed by atoms with Crippen LogP contribution in [-0.4, -0.2) is 36.5 Å². The monoisotopic (exact) mass is 200 g/mol. The zero-order chi connectivity index (χ0) is 11.2. The van der Waals surface area contributed by atoms with Crippen molar-refractivity contribution < 1.29 is 4.79 Å². The Labute approximate surface area is 87.9 Å². The fourth-order valence-electron chi connectivity index (χ4n) is 1.21. The van der Waals surface area contributed by atoms with Gasteiger partial charge in [-0.25, -0.2) is 0 Å². The predicted molar refractivity (Wildman–Crippen MR) is 60.3 cm³/mol. The SMILES string of the molecule is CCCCN(C)CC(=O)NC(C)(C)C. The van der Waals surface area contributed by atoms with Crippen molar-refractivity contribution >= 4 is 5.91 Å². The lowest BCUT2D eigenvalue weighted by Gasteiger charge is -2.23. The Hall–Kier alpha value is -0.570. The van der Waals surface area contributed by atoms with E-state index in [2.05, 4.69) is 17.1 Å². The van der Waals surface area contributed by atoms with Crippen LogP contribution in [0.3, 0.4) is 0 Å². The molecule has 0 rings (SSSR count). The Morgan fingerprint density at radius 3 is 2.36 bits per heavy atom. The predicted octanol–water partition coefficient (Wildman–Crippen LogP) is 1.63. The first-order chi connectivity index (χ1) is 6.35. The van der Waals surface area contributed by atoms with Crippen LogP contribution in [0.2, 0.25) is 0 Å². The van der Waals surface area contributed by atoms with Crippen LogP contribution in [0, 0.1) is 0 Å². The molecule has 1 amide bonds. The van der Waals surface area contributed by atoms with Crippen LogP contribution in [0.25, 0.3) is 0 Å². The van der Waals surface area contributed by atoms with Crippen LogP contribution in [0.4, 0.5) is 0 Å². The number of hydrogen-bond acceptors (Lipinski definition) is 2.